The van der Waals surface area contributed by atoms with E-state index in [2.05, 4.69) is 146 Å². The molecule has 9 rings (SSSR count). The maximum Gasteiger partial charge on any atom is 0.132 e. The Kier molecular flexibility index (Phi) is 4.32. The lowest BCUT2D eigenvalue weighted by Gasteiger charge is -2.39. The molecule has 1 aliphatic carbocycles. The first-order valence-corrected chi connectivity index (χ1v) is 13.9. The summed E-state index contributed by atoms with van der Waals surface area (Å²) in [5.41, 5.74) is 9.64. The van der Waals surface area contributed by atoms with Crippen LogP contribution in [0.25, 0.3) is 43.8 Å². The molecular formula is C39H24O. The van der Waals surface area contributed by atoms with Crippen molar-refractivity contribution in [3.05, 3.63) is 168 Å². The predicted molar refractivity (Wildman–Crippen MR) is 164 cm³/mol. The Morgan fingerprint density at radius 1 is 0.450 bits per heavy atom. The highest BCUT2D eigenvalue weighted by atomic mass is 16.5. The molecule has 0 N–H and O–H groups in total. The fourth-order valence-corrected chi connectivity index (χ4v) is 7.34. The third-order valence-electron chi connectivity index (χ3n) is 8.91. The van der Waals surface area contributed by atoms with E-state index in [-0.39, 0.29) is 0 Å². The number of fused-ring (bicyclic) bond motifs is 7. The molecule has 0 saturated heterocycles. The van der Waals surface area contributed by atoms with Crippen molar-refractivity contribution in [1.82, 2.24) is 0 Å². The minimum Gasteiger partial charge on any atom is -0.457 e. The molecule has 40 heavy (non-hydrogen) atoms. The van der Waals surface area contributed by atoms with Crippen LogP contribution in [0.3, 0.4) is 0 Å². The molecule has 0 radical (unpaired) electrons. The van der Waals surface area contributed by atoms with Crippen LogP contribution in [-0.4, -0.2) is 0 Å². The molecule has 0 aromatic heterocycles. The lowest BCUT2D eigenvalue weighted by Crippen LogP contribution is -2.31. The molecule has 0 amide bonds. The molecule has 186 valence electrons. The molecule has 1 unspecified atom stereocenters. The molecule has 1 nitrogen and oxygen atoms in total. The molecule has 1 heteroatoms. The van der Waals surface area contributed by atoms with E-state index in [1.54, 1.807) is 0 Å². The molecule has 2 aliphatic rings. The standard InChI is InChI=1S/C39H24O/c1-3-12-29-26(10-1)24-27-11-2-4-13-30(27)37(29)25-20-22-28(23-21-25)39-33-16-6-5-14-31(33)32-15-9-19-36(38(32)39)40-35-18-8-7-17-34(35)39/h1-24H. The Balaban J connectivity index is 1.34. The van der Waals surface area contributed by atoms with Crippen LogP contribution in [0, 0.1) is 0 Å². The van der Waals surface area contributed by atoms with Crippen LogP contribution < -0.4 is 4.74 Å². The topological polar surface area (TPSA) is 9.23 Å². The minimum absolute atomic E-state index is 0.434. The Bertz CT molecular complexity index is 2080. The van der Waals surface area contributed by atoms with Crippen molar-refractivity contribution in [3.63, 3.8) is 0 Å². The number of rotatable bonds is 2. The van der Waals surface area contributed by atoms with Crippen LogP contribution in [0.4, 0.5) is 0 Å². The molecule has 0 saturated carbocycles. The molecule has 0 fully saturated rings. The molecule has 0 bridgehead atoms. The first-order chi connectivity index (χ1) is 19.8. The fraction of sp³-hybridized carbons (Fsp3) is 0.0256. The quantitative estimate of drug-likeness (QED) is 0.211. The SMILES string of the molecule is c1ccc2c(c1)Oc1cccc3c1C2(c1ccc(-c2c4ccccc4cc4ccccc24)cc1)c1ccccc1-3. The average Bonchev–Trinajstić information content (AvgIpc) is 3.33. The van der Waals surface area contributed by atoms with Crippen molar-refractivity contribution in [1.29, 1.82) is 0 Å². The van der Waals surface area contributed by atoms with E-state index in [9.17, 15) is 0 Å². The summed E-state index contributed by atoms with van der Waals surface area (Å²) in [4.78, 5) is 0. The summed E-state index contributed by atoms with van der Waals surface area (Å²) in [6.45, 7) is 0. The zero-order valence-electron chi connectivity index (χ0n) is 21.8. The van der Waals surface area contributed by atoms with Crippen molar-refractivity contribution in [2.45, 2.75) is 5.41 Å². The second kappa shape index (κ2) is 7.94. The number of benzene rings is 7. The van der Waals surface area contributed by atoms with Crippen LogP contribution in [-0.2, 0) is 5.41 Å². The molecule has 7 aromatic rings. The van der Waals surface area contributed by atoms with Gasteiger partial charge in [0.1, 0.15) is 11.5 Å². The molecule has 1 atom stereocenters. The lowest BCUT2D eigenvalue weighted by molar-refractivity contribution is 0.438. The van der Waals surface area contributed by atoms with Crippen LogP contribution >= 0.6 is 0 Å². The Morgan fingerprint density at radius 3 is 1.82 bits per heavy atom. The van der Waals surface area contributed by atoms with Crippen LogP contribution in [0.1, 0.15) is 22.3 Å². The van der Waals surface area contributed by atoms with Crippen molar-refractivity contribution in [2.24, 2.45) is 0 Å². The first-order valence-electron chi connectivity index (χ1n) is 13.9. The van der Waals surface area contributed by atoms with Gasteiger partial charge in [0.2, 0.25) is 0 Å². The van der Waals surface area contributed by atoms with E-state index in [4.69, 9.17) is 4.74 Å². The van der Waals surface area contributed by atoms with E-state index in [1.165, 1.54) is 66.1 Å². The van der Waals surface area contributed by atoms with E-state index >= 15 is 0 Å². The van der Waals surface area contributed by atoms with E-state index in [0.29, 0.717) is 0 Å². The van der Waals surface area contributed by atoms with Gasteiger partial charge in [-0.25, -0.2) is 0 Å². The Hall–Kier alpha value is -5.14. The van der Waals surface area contributed by atoms with Crippen LogP contribution in [0.5, 0.6) is 11.5 Å². The number of ether oxygens (including phenoxy) is 1. The number of para-hydroxylation sites is 1. The van der Waals surface area contributed by atoms with E-state index < -0.39 is 5.41 Å². The summed E-state index contributed by atoms with van der Waals surface area (Å²) in [6.07, 6.45) is 0. The Labute approximate surface area is 232 Å². The highest BCUT2D eigenvalue weighted by Gasteiger charge is 2.51. The zero-order valence-corrected chi connectivity index (χ0v) is 21.8. The fourth-order valence-electron chi connectivity index (χ4n) is 7.34. The monoisotopic (exact) mass is 508 g/mol. The van der Waals surface area contributed by atoms with Crippen molar-refractivity contribution in [3.8, 4) is 33.8 Å². The summed E-state index contributed by atoms with van der Waals surface area (Å²) in [7, 11) is 0. The van der Waals surface area contributed by atoms with Gasteiger partial charge in [0.15, 0.2) is 0 Å². The van der Waals surface area contributed by atoms with Gasteiger partial charge in [-0.15, -0.1) is 0 Å². The summed E-state index contributed by atoms with van der Waals surface area (Å²) < 4.78 is 6.54. The summed E-state index contributed by atoms with van der Waals surface area (Å²) in [6, 6.07) is 52.9. The normalized spacial score (nSPS) is 16.3. The minimum atomic E-state index is -0.434. The molecular weight excluding hydrogens is 484 g/mol. The van der Waals surface area contributed by atoms with Gasteiger partial charge in [-0.1, -0.05) is 127 Å². The molecule has 0 spiro atoms. The summed E-state index contributed by atoms with van der Waals surface area (Å²) in [5.74, 6) is 1.87. The second-order valence-electron chi connectivity index (χ2n) is 10.8. The first kappa shape index (κ1) is 21.8. The van der Waals surface area contributed by atoms with Crippen LogP contribution in [0.15, 0.2) is 146 Å². The van der Waals surface area contributed by atoms with Gasteiger partial charge in [-0.2, -0.15) is 0 Å². The smallest absolute Gasteiger partial charge is 0.132 e. The van der Waals surface area contributed by atoms with Crippen molar-refractivity contribution < 1.29 is 4.74 Å². The average molecular weight is 509 g/mol. The van der Waals surface area contributed by atoms with Crippen LogP contribution in [0.2, 0.25) is 0 Å². The maximum atomic E-state index is 6.54. The second-order valence-corrected chi connectivity index (χ2v) is 10.8. The molecule has 7 aromatic carbocycles. The summed E-state index contributed by atoms with van der Waals surface area (Å²) >= 11 is 0. The van der Waals surface area contributed by atoms with Crippen molar-refractivity contribution >= 4 is 21.5 Å². The van der Waals surface area contributed by atoms with Gasteiger partial charge in [-0.05, 0) is 73.1 Å². The Morgan fingerprint density at radius 2 is 1.05 bits per heavy atom. The van der Waals surface area contributed by atoms with Gasteiger partial charge in [0.05, 0.1) is 5.41 Å². The third-order valence-corrected chi connectivity index (χ3v) is 8.91. The van der Waals surface area contributed by atoms with Gasteiger partial charge >= 0.3 is 0 Å². The van der Waals surface area contributed by atoms with Crippen molar-refractivity contribution in [2.75, 3.05) is 0 Å². The predicted octanol–water partition coefficient (Wildman–Crippen LogP) is 10.1. The van der Waals surface area contributed by atoms with Gasteiger partial charge < -0.3 is 4.74 Å². The lowest BCUT2D eigenvalue weighted by atomic mass is 9.66. The highest BCUT2D eigenvalue weighted by Crippen LogP contribution is 2.63. The molecule has 1 heterocycles. The third kappa shape index (κ3) is 2.71. The zero-order chi connectivity index (χ0) is 26.3. The molecule has 1 aliphatic heterocycles. The van der Waals surface area contributed by atoms with Gasteiger partial charge in [-0.3, -0.25) is 0 Å². The summed E-state index contributed by atoms with van der Waals surface area (Å²) in [5, 5.41) is 5.09. The number of hydrogen-bond acceptors (Lipinski definition) is 1. The van der Waals surface area contributed by atoms with E-state index in [1.807, 2.05) is 0 Å². The van der Waals surface area contributed by atoms with Gasteiger partial charge in [0, 0.05) is 11.1 Å². The maximum absolute atomic E-state index is 6.54. The van der Waals surface area contributed by atoms with Gasteiger partial charge in [0.25, 0.3) is 0 Å². The highest BCUT2D eigenvalue weighted by molar-refractivity contribution is 6.12. The number of hydrogen-bond donors (Lipinski definition) is 0. The van der Waals surface area contributed by atoms with E-state index in [0.717, 1.165) is 11.5 Å². The largest absolute Gasteiger partial charge is 0.457 e.